The predicted octanol–water partition coefficient (Wildman–Crippen LogP) is 2.40. The van der Waals surface area contributed by atoms with Gasteiger partial charge in [0.05, 0.1) is 0 Å². The molecule has 1 saturated heterocycles. The van der Waals surface area contributed by atoms with Crippen molar-refractivity contribution in [2.24, 2.45) is 23.5 Å². The largest absolute Gasteiger partial charge is 0.342 e. The molecule has 0 aromatic rings. The van der Waals surface area contributed by atoms with E-state index in [1.807, 2.05) is 0 Å². The summed E-state index contributed by atoms with van der Waals surface area (Å²) in [5, 5.41) is 0. The molecule has 1 aliphatic carbocycles. The molecule has 1 amide bonds. The van der Waals surface area contributed by atoms with E-state index in [-0.39, 0.29) is 0 Å². The van der Waals surface area contributed by atoms with E-state index in [1.54, 1.807) is 0 Å². The zero-order valence-electron chi connectivity index (χ0n) is 11.9. The minimum Gasteiger partial charge on any atom is -0.342 e. The lowest BCUT2D eigenvalue weighted by atomic mass is 9.84. The fraction of sp³-hybridized carbons (Fsp3) is 0.933. The van der Waals surface area contributed by atoms with Gasteiger partial charge in [0.1, 0.15) is 0 Å². The third kappa shape index (κ3) is 3.47. The Bertz CT molecular complexity index is 282. The maximum absolute atomic E-state index is 12.3. The summed E-state index contributed by atoms with van der Waals surface area (Å²) in [5.41, 5.74) is 5.91. The molecule has 2 N–H and O–H groups in total. The lowest BCUT2D eigenvalue weighted by Crippen LogP contribution is -2.33. The number of rotatable bonds is 3. The van der Waals surface area contributed by atoms with E-state index in [9.17, 15) is 4.79 Å². The molecule has 0 aromatic heterocycles. The molecule has 1 saturated carbocycles. The Morgan fingerprint density at radius 2 is 1.89 bits per heavy atom. The highest BCUT2D eigenvalue weighted by atomic mass is 16.2. The van der Waals surface area contributed by atoms with Crippen LogP contribution in [0.5, 0.6) is 0 Å². The molecule has 0 spiro atoms. The topological polar surface area (TPSA) is 46.3 Å². The molecule has 1 unspecified atom stereocenters. The molecule has 2 aliphatic rings. The first-order valence-electron chi connectivity index (χ1n) is 7.59. The van der Waals surface area contributed by atoms with Crippen LogP contribution >= 0.6 is 0 Å². The van der Waals surface area contributed by atoms with Gasteiger partial charge in [-0.15, -0.1) is 0 Å². The first-order chi connectivity index (χ1) is 8.56. The second-order valence-corrected chi connectivity index (χ2v) is 6.62. The van der Waals surface area contributed by atoms with Crippen LogP contribution < -0.4 is 5.73 Å². The normalized spacial score (nSPS) is 33.1. The number of carbonyl (C=O) groups is 1. The number of nitrogens with zero attached hydrogens (tertiary/aromatic N) is 1. The van der Waals surface area contributed by atoms with Gasteiger partial charge in [-0.3, -0.25) is 4.79 Å². The molecule has 18 heavy (non-hydrogen) atoms. The predicted molar refractivity (Wildman–Crippen MR) is 74.1 cm³/mol. The summed E-state index contributed by atoms with van der Waals surface area (Å²) in [5.74, 6) is 2.40. The molecule has 0 radical (unpaired) electrons. The van der Waals surface area contributed by atoms with Gasteiger partial charge in [-0.25, -0.2) is 0 Å². The highest BCUT2D eigenvalue weighted by molar-refractivity contribution is 5.76. The van der Waals surface area contributed by atoms with Crippen LogP contribution in [0.4, 0.5) is 0 Å². The SMILES string of the molecule is CC(C)C1CCN(C(=O)CC2CCC(N)CC2)C1. The van der Waals surface area contributed by atoms with Crippen molar-refractivity contribution in [3.8, 4) is 0 Å². The van der Waals surface area contributed by atoms with Crippen molar-refractivity contribution in [1.29, 1.82) is 0 Å². The molecule has 1 aliphatic heterocycles. The highest BCUT2D eigenvalue weighted by Gasteiger charge is 2.29. The molecule has 1 atom stereocenters. The van der Waals surface area contributed by atoms with E-state index >= 15 is 0 Å². The van der Waals surface area contributed by atoms with Crippen molar-refractivity contribution in [3.63, 3.8) is 0 Å². The van der Waals surface area contributed by atoms with Gasteiger partial charge in [0, 0.05) is 25.6 Å². The first kappa shape index (κ1) is 13.9. The van der Waals surface area contributed by atoms with Crippen molar-refractivity contribution >= 4 is 5.91 Å². The Balaban J connectivity index is 1.75. The van der Waals surface area contributed by atoms with E-state index in [0.717, 1.165) is 45.2 Å². The molecule has 3 heteroatoms. The van der Waals surface area contributed by atoms with Gasteiger partial charge in [-0.2, -0.15) is 0 Å². The van der Waals surface area contributed by atoms with Gasteiger partial charge in [-0.05, 0) is 49.9 Å². The first-order valence-corrected chi connectivity index (χ1v) is 7.59. The quantitative estimate of drug-likeness (QED) is 0.838. The van der Waals surface area contributed by atoms with Crippen LogP contribution in [0.25, 0.3) is 0 Å². The third-order valence-electron chi connectivity index (χ3n) is 4.87. The van der Waals surface area contributed by atoms with Crippen LogP contribution in [0.3, 0.4) is 0 Å². The molecule has 3 nitrogen and oxygen atoms in total. The van der Waals surface area contributed by atoms with Gasteiger partial charge in [-0.1, -0.05) is 13.8 Å². The fourth-order valence-corrected chi connectivity index (χ4v) is 3.33. The van der Waals surface area contributed by atoms with Gasteiger partial charge in [0.15, 0.2) is 0 Å². The summed E-state index contributed by atoms with van der Waals surface area (Å²) in [4.78, 5) is 14.4. The summed E-state index contributed by atoms with van der Waals surface area (Å²) >= 11 is 0. The average Bonchev–Trinajstić information content (AvgIpc) is 2.81. The second kappa shape index (κ2) is 6.05. The van der Waals surface area contributed by atoms with E-state index in [1.165, 1.54) is 6.42 Å². The van der Waals surface area contributed by atoms with Crippen LogP contribution in [-0.2, 0) is 4.79 Å². The third-order valence-corrected chi connectivity index (χ3v) is 4.87. The minimum absolute atomic E-state index is 0.383. The lowest BCUT2D eigenvalue weighted by molar-refractivity contribution is -0.131. The summed E-state index contributed by atoms with van der Waals surface area (Å²) in [6.07, 6.45) is 6.46. The molecule has 0 aromatic carbocycles. The monoisotopic (exact) mass is 252 g/mol. The second-order valence-electron chi connectivity index (χ2n) is 6.62. The minimum atomic E-state index is 0.383. The molecular formula is C15H28N2O. The lowest BCUT2D eigenvalue weighted by Gasteiger charge is -2.27. The molecule has 0 bridgehead atoms. The smallest absolute Gasteiger partial charge is 0.222 e. The van der Waals surface area contributed by atoms with Gasteiger partial charge in [0.2, 0.25) is 5.91 Å². The average molecular weight is 252 g/mol. The zero-order valence-corrected chi connectivity index (χ0v) is 11.9. The maximum atomic E-state index is 12.3. The molecular weight excluding hydrogens is 224 g/mol. The summed E-state index contributed by atoms with van der Waals surface area (Å²) in [6, 6.07) is 0.383. The van der Waals surface area contributed by atoms with Crippen molar-refractivity contribution < 1.29 is 4.79 Å². The summed E-state index contributed by atoms with van der Waals surface area (Å²) in [6.45, 7) is 6.50. The Morgan fingerprint density at radius 3 is 2.44 bits per heavy atom. The number of amides is 1. The van der Waals surface area contributed by atoms with E-state index in [2.05, 4.69) is 18.7 Å². The Morgan fingerprint density at radius 1 is 1.22 bits per heavy atom. The van der Waals surface area contributed by atoms with E-state index in [0.29, 0.717) is 29.7 Å². The van der Waals surface area contributed by atoms with Crippen molar-refractivity contribution in [2.75, 3.05) is 13.1 Å². The van der Waals surface area contributed by atoms with E-state index in [4.69, 9.17) is 5.73 Å². The number of carbonyl (C=O) groups excluding carboxylic acids is 1. The fourth-order valence-electron chi connectivity index (χ4n) is 3.33. The van der Waals surface area contributed by atoms with Gasteiger partial charge in [0.25, 0.3) is 0 Å². The molecule has 2 fully saturated rings. The molecule has 104 valence electrons. The van der Waals surface area contributed by atoms with Crippen molar-refractivity contribution in [3.05, 3.63) is 0 Å². The van der Waals surface area contributed by atoms with Gasteiger partial charge < -0.3 is 10.6 Å². The number of hydrogen-bond acceptors (Lipinski definition) is 2. The standard InChI is InChI=1S/C15H28N2O/c1-11(2)13-7-8-17(10-13)15(18)9-12-3-5-14(16)6-4-12/h11-14H,3-10,16H2,1-2H3. The Kier molecular flexibility index (Phi) is 4.66. The summed E-state index contributed by atoms with van der Waals surface area (Å²) in [7, 11) is 0. The molecule has 1 heterocycles. The zero-order chi connectivity index (χ0) is 13.1. The highest BCUT2D eigenvalue weighted by Crippen LogP contribution is 2.29. The van der Waals surface area contributed by atoms with Crippen LogP contribution in [0.15, 0.2) is 0 Å². The summed E-state index contributed by atoms with van der Waals surface area (Å²) < 4.78 is 0. The van der Waals surface area contributed by atoms with E-state index < -0.39 is 0 Å². The molecule has 2 rings (SSSR count). The van der Waals surface area contributed by atoms with Crippen LogP contribution in [0, 0.1) is 17.8 Å². The van der Waals surface area contributed by atoms with Crippen molar-refractivity contribution in [2.45, 2.75) is 58.4 Å². The number of likely N-dealkylation sites (tertiary alicyclic amines) is 1. The van der Waals surface area contributed by atoms with Crippen LogP contribution in [0.2, 0.25) is 0 Å². The maximum Gasteiger partial charge on any atom is 0.222 e. The van der Waals surface area contributed by atoms with Crippen LogP contribution in [-0.4, -0.2) is 29.9 Å². The Labute approximate surface area is 111 Å². The van der Waals surface area contributed by atoms with Crippen molar-refractivity contribution in [1.82, 2.24) is 4.90 Å². The Hall–Kier alpha value is -0.570. The number of nitrogens with two attached hydrogens (primary N) is 1. The van der Waals surface area contributed by atoms with Crippen LogP contribution in [0.1, 0.15) is 52.4 Å². The number of hydrogen-bond donors (Lipinski definition) is 1. The van der Waals surface area contributed by atoms with Gasteiger partial charge >= 0.3 is 0 Å².